The minimum absolute atomic E-state index is 0.170. The number of Topliss-reactive ketones (excluding diaryl/α,β-unsaturated/α-hetero) is 1. The highest BCUT2D eigenvalue weighted by molar-refractivity contribution is 5.98. The minimum Gasteiger partial charge on any atom is -0.294 e. The van der Waals surface area contributed by atoms with E-state index in [1.54, 1.807) is 0 Å². The Morgan fingerprint density at radius 1 is 1.20 bits per heavy atom. The van der Waals surface area contributed by atoms with Gasteiger partial charge in [-0.1, -0.05) is 24.6 Å². The summed E-state index contributed by atoms with van der Waals surface area (Å²) in [4.78, 5) is 12.5. The lowest BCUT2D eigenvalue weighted by Gasteiger charge is -2.07. The fraction of sp³-hybridized carbons (Fsp3) is 0.412. The predicted octanol–water partition coefficient (Wildman–Crippen LogP) is 3.51. The summed E-state index contributed by atoms with van der Waals surface area (Å²) in [5.74, 6) is 0.170. The molecule has 0 saturated carbocycles. The lowest BCUT2D eigenvalue weighted by atomic mass is 9.99. The molecule has 0 spiro atoms. The molecular formula is C17H22N2O. The number of carbonyl (C=O) groups excluding carboxylic acids is 1. The van der Waals surface area contributed by atoms with E-state index in [9.17, 15) is 4.79 Å². The summed E-state index contributed by atoms with van der Waals surface area (Å²) < 4.78 is 1.93. The van der Waals surface area contributed by atoms with Crippen molar-refractivity contribution in [3.63, 3.8) is 0 Å². The van der Waals surface area contributed by atoms with E-state index in [1.165, 1.54) is 0 Å². The molecule has 0 saturated heterocycles. The van der Waals surface area contributed by atoms with E-state index < -0.39 is 0 Å². The monoisotopic (exact) mass is 270 g/mol. The first-order valence-corrected chi connectivity index (χ1v) is 7.21. The van der Waals surface area contributed by atoms with Crippen LogP contribution in [0.5, 0.6) is 0 Å². The molecule has 0 amide bonds. The van der Waals surface area contributed by atoms with E-state index in [1.807, 2.05) is 42.8 Å². The van der Waals surface area contributed by atoms with Crippen LogP contribution in [0.25, 0.3) is 0 Å². The van der Waals surface area contributed by atoms with Gasteiger partial charge < -0.3 is 0 Å². The van der Waals surface area contributed by atoms with Crippen LogP contribution in [0.3, 0.4) is 0 Å². The fourth-order valence-electron chi connectivity index (χ4n) is 2.40. The minimum atomic E-state index is 0.170. The molecule has 0 N–H and O–H groups in total. The largest absolute Gasteiger partial charge is 0.294 e. The molecule has 2 rings (SSSR count). The molecule has 0 aliphatic heterocycles. The Kier molecular flexibility index (Phi) is 4.38. The van der Waals surface area contributed by atoms with Crippen LogP contribution in [0.2, 0.25) is 0 Å². The van der Waals surface area contributed by atoms with Crippen molar-refractivity contribution < 1.29 is 4.79 Å². The van der Waals surface area contributed by atoms with Crippen molar-refractivity contribution in [2.75, 3.05) is 0 Å². The van der Waals surface area contributed by atoms with E-state index in [4.69, 9.17) is 0 Å². The first-order valence-electron chi connectivity index (χ1n) is 7.21. The van der Waals surface area contributed by atoms with Crippen molar-refractivity contribution in [1.29, 1.82) is 0 Å². The van der Waals surface area contributed by atoms with Gasteiger partial charge >= 0.3 is 0 Å². The number of benzene rings is 1. The van der Waals surface area contributed by atoms with Crippen LogP contribution in [0.15, 0.2) is 24.3 Å². The molecule has 0 unspecified atom stereocenters. The topological polar surface area (TPSA) is 34.9 Å². The highest BCUT2D eigenvalue weighted by Crippen LogP contribution is 2.15. The number of nitrogens with zero attached hydrogens (tertiary/aromatic N) is 2. The van der Waals surface area contributed by atoms with E-state index in [2.05, 4.69) is 18.9 Å². The molecule has 3 nitrogen and oxygen atoms in total. The molecule has 1 aromatic carbocycles. The van der Waals surface area contributed by atoms with Gasteiger partial charge in [-0.2, -0.15) is 5.10 Å². The first-order chi connectivity index (χ1) is 9.55. The Morgan fingerprint density at radius 3 is 2.60 bits per heavy atom. The van der Waals surface area contributed by atoms with E-state index in [0.29, 0.717) is 6.42 Å². The molecule has 0 aliphatic rings. The molecule has 0 fully saturated rings. The van der Waals surface area contributed by atoms with Gasteiger partial charge in [-0.15, -0.1) is 0 Å². The number of ketones is 1. The smallest absolute Gasteiger partial charge is 0.169 e. The maximum atomic E-state index is 12.5. The molecule has 0 aliphatic carbocycles. The second-order valence-electron chi connectivity index (χ2n) is 5.21. The molecule has 106 valence electrons. The van der Waals surface area contributed by atoms with Crippen LogP contribution in [-0.2, 0) is 19.4 Å². The van der Waals surface area contributed by atoms with Gasteiger partial charge in [0.15, 0.2) is 5.78 Å². The van der Waals surface area contributed by atoms with Gasteiger partial charge in [-0.05, 0) is 44.9 Å². The average Bonchev–Trinajstić information content (AvgIpc) is 2.83. The summed E-state index contributed by atoms with van der Waals surface area (Å²) in [6, 6.07) is 8.08. The molecule has 0 atom stereocenters. The zero-order valence-electron chi connectivity index (χ0n) is 12.7. The van der Waals surface area contributed by atoms with Gasteiger partial charge in [0.05, 0.1) is 12.1 Å². The maximum Gasteiger partial charge on any atom is 0.169 e. The molecule has 0 bridgehead atoms. The molecular weight excluding hydrogens is 248 g/mol. The number of aryl methyl sites for hydroxylation is 4. The summed E-state index contributed by atoms with van der Waals surface area (Å²) in [6.45, 7) is 8.94. The van der Waals surface area contributed by atoms with Gasteiger partial charge in [-0.3, -0.25) is 9.48 Å². The van der Waals surface area contributed by atoms with Gasteiger partial charge in [0.2, 0.25) is 0 Å². The molecule has 20 heavy (non-hydrogen) atoms. The van der Waals surface area contributed by atoms with Crippen LogP contribution in [0.1, 0.15) is 46.7 Å². The Hall–Kier alpha value is -1.90. The molecule has 2 aromatic rings. The third kappa shape index (κ3) is 2.98. The second kappa shape index (κ2) is 6.04. The average molecular weight is 270 g/mol. The predicted molar refractivity (Wildman–Crippen MR) is 81.2 cm³/mol. The van der Waals surface area contributed by atoms with Gasteiger partial charge in [0.25, 0.3) is 0 Å². The van der Waals surface area contributed by atoms with Crippen LogP contribution < -0.4 is 0 Å². The molecule has 1 aromatic heterocycles. The number of carbonyl (C=O) groups is 1. The Bertz CT molecular complexity index is 626. The maximum absolute atomic E-state index is 12.5. The number of hydrogen-bond donors (Lipinski definition) is 0. The third-order valence-electron chi connectivity index (χ3n) is 3.61. The Morgan fingerprint density at radius 2 is 1.95 bits per heavy atom. The van der Waals surface area contributed by atoms with Crippen molar-refractivity contribution in [3.05, 3.63) is 52.3 Å². The van der Waals surface area contributed by atoms with Crippen LogP contribution in [0.4, 0.5) is 0 Å². The van der Waals surface area contributed by atoms with Gasteiger partial charge in [-0.25, -0.2) is 0 Å². The third-order valence-corrected chi connectivity index (χ3v) is 3.61. The molecule has 0 radical (unpaired) electrons. The number of aromatic nitrogens is 2. The van der Waals surface area contributed by atoms with Crippen molar-refractivity contribution in [2.45, 2.75) is 47.1 Å². The van der Waals surface area contributed by atoms with Crippen molar-refractivity contribution in [3.8, 4) is 0 Å². The fourth-order valence-corrected chi connectivity index (χ4v) is 2.40. The molecule has 1 heterocycles. The quantitative estimate of drug-likeness (QED) is 0.779. The lowest BCUT2D eigenvalue weighted by molar-refractivity contribution is 0.0990. The summed E-state index contributed by atoms with van der Waals surface area (Å²) in [6.07, 6.45) is 1.32. The summed E-state index contributed by atoms with van der Waals surface area (Å²) in [5.41, 5.74) is 5.05. The SMILES string of the molecule is CCc1cc(CC(=O)c2cc(C)ccc2C)n(CC)n1. The van der Waals surface area contributed by atoms with Crippen LogP contribution in [0, 0.1) is 13.8 Å². The van der Waals surface area contributed by atoms with Crippen molar-refractivity contribution in [2.24, 2.45) is 0 Å². The van der Waals surface area contributed by atoms with E-state index >= 15 is 0 Å². The summed E-state index contributed by atoms with van der Waals surface area (Å²) in [5, 5.41) is 4.50. The lowest BCUT2D eigenvalue weighted by Crippen LogP contribution is -2.11. The van der Waals surface area contributed by atoms with Gasteiger partial charge in [0, 0.05) is 17.8 Å². The van der Waals surface area contributed by atoms with E-state index in [-0.39, 0.29) is 5.78 Å². The van der Waals surface area contributed by atoms with E-state index in [0.717, 1.165) is 41.0 Å². The Balaban J connectivity index is 2.27. The van der Waals surface area contributed by atoms with Crippen molar-refractivity contribution in [1.82, 2.24) is 9.78 Å². The summed E-state index contributed by atoms with van der Waals surface area (Å²) in [7, 11) is 0. The van der Waals surface area contributed by atoms with Gasteiger partial charge in [0.1, 0.15) is 0 Å². The zero-order chi connectivity index (χ0) is 14.7. The highest BCUT2D eigenvalue weighted by atomic mass is 16.1. The highest BCUT2D eigenvalue weighted by Gasteiger charge is 2.14. The zero-order valence-corrected chi connectivity index (χ0v) is 12.7. The second-order valence-corrected chi connectivity index (χ2v) is 5.21. The van der Waals surface area contributed by atoms with Crippen LogP contribution in [-0.4, -0.2) is 15.6 Å². The normalized spacial score (nSPS) is 10.8. The summed E-state index contributed by atoms with van der Waals surface area (Å²) >= 11 is 0. The Labute approximate surface area is 120 Å². The van der Waals surface area contributed by atoms with Crippen LogP contribution >= 0.6 is 0 Å². The number of hydrogen-bond acceptors (Lipinski definition) is 2. The standard InChI is InChI=1S/C17H22N2O/c1-5-14-10-15(19(6-2)18-14)11-17(20)16-9-12(3)7-8-13(16)4/h7-10H,5-6,11H2,1-4H3. The van der Waals surface area contributed by atoms with Crippen molar-refractivity contribution >= 4 is 5.78 Å². The molecule has 3 heteroatoms. The number of rotatable bonds is 5. The first kappa shape index (κ1) is 14.5.